The molecule has 0 aliphatic carbocycles. The van der Waals surface area contributed by atoms with Gasteiger partial charge in [0.2, 0.25) is 0 Å². The number of aromatic amines is 1. The van der Waals surface area contributed by atoms with Gasteiger partial charge in [0.1, 0.15) is 5.52 Å². The van der Waals surface area contributed by atoms with Crippen LogP contribution in [0.3, 0.4) is 0 Å². The predicted molar refractivity (Wildman–Crippen MR) is 88.0 cm³/mol. The van der Waals surface area contributed by atoms with Crippen molar-refractivity contribution in [2.24, 2.45) is 0 Å². The Labute approximate surface area is 141 Å². The van der Waals surface area contributed by atoms with Crippen molar-refractivity contribution in [1.82, 2.24) is 14.9 Å². The van der Waals surface area contributed by atoms with Crippen LogP contribution in [0, 0.1) is 12.7 Å². The van der Waals surface area contributed by atoms with Gasteiger partial charge in [-0.1, -0.05) is 22.0 Å². The number of aromatic nitrogens is 4. The third-order valence-electron chi connectivity index (χ3n) is 3.98. The number of hydrogen-bond donors (Lipinski definition) is 1. The Morgan fingerprint density at radius 2 is 2.00 bits per heavy atom. The molecule has 0 spiro atoms. The normalized spacial score (nSPS) is 10.8. The van der Waals surface area contributed by atoms with Crippen molar-refractivity contribution in [2.45, 2.75) is 6.92 Å². The fraction of sp³-hybridized carbons (Fsp3) is 0.118. The van der Waals surface area contributed by atoms with Crippen molar-refractivity contribution in [3.8, 4) is 11.4 Å². The van der Waals surface area contributed by atoms with Gasteiger partial charge in [0.15, 0.2) is 22.8 Å². The number of hydrogen-bond acceptors (Lipinski definition) is 4. The van der Waals surface area contributed by atoms with Gasteiger partial charge in [-0.05, 0) is 31.2 Å². The molecular formula is C17H15FN4O3. The number of fused-ring (bicyclic) bond motifs is 3. The highest BCUT2D eigenvalue weighted by atomic mass is 19.1. The Kier molecular flexibility index (Phi) is 3.97. The molecule has 0 saturated heterocycles. The third-order valence-corrected chi connectivity index (χ3v) is 3.98. The van der Waals surface area contributed by atoms with Crippen LogP contribution in [-0.2, 0) is 0 Å². The molecule has 2 aromatic carbocycles. The first-order chi connectivity index (χ1) is 11.6. The molecule has 0 saturated carbocycles. The first-order valence-electron chi connectivity index (χ1n) is 7.36. The first-order valence-corrected chi connectivity index (χ1v) is 7.36. The molecule has 0 radical (unpaired) electrons. The number of rotatable bonds is 2. The van der Waals surface area contributed by atoms with Crippen LogP contribution in [-0.4, -0.2) is 27.5 Å². The van der Waals surface area contributed by atoms with Gasteiger partial charge in [0.25, 0.3) is 5.52 Å². The van der Waals surface area contributed by atoms with E-state index < -0.39 is 5.82 Å². The number of H-pyrrole nitrogens is 1. The number of methoxy groups -OCH3 is 1. The first kappa shape index (κ1) is 16.6. The molecule has 0 amide bonds. The SMILES string of the molecule is COc1ccc(-n2[nH][n+]3c(c(C)nc4ccccc43)c2=O)cc1F.[OH-]. The molecule has 0 bridgehead atoms. The topological polar surface area (TPSA) is 94.0 Å². The van der Waals surface area contributed by atoms with Crippen LogP contribution < -0.4 is 14.8 Å². The summed E-state index contributed by atoms with van der Waals surface area (Å²) in [7, 11) is 1.39. The molecule has 4 aromatic rings. The van der Waals surface area contributed by atoms with Gasteiger partial charge in [-0.3, -0.25) is 0 Å². The fourth-order valence-electron chi connectivity index (χ4n) is 2.84. The quantitative estimate of drug-likeness (QED) is 0.561. The van der Waals surface area contributed by atoms with Crippen LogP contribution in [0.2, 0.25) is 0 Å². The maximum Gasteiger partial charge on any atom is 0.408 e. The Bertz CT molecular complexity index is 1150. The molecule has 0 atom stereocenters. The molecule has 128 valence electrons. The number of benzene rings is 2. The van der Waals surface area contributed by atoms with E-state index in [9.17, 15) is 9.18 Å². The minimum absolute atomic E-state index is 0. The highest BCUT2D eigenvalue weighted by molar-refractivity contribution is 5.72. The van der Waals surface area contributed by atoms with Gasteiger partial charge >= 0.3 is 5.56 Å². The van der Waals surface area contributed by atoms with Gasteiger partial charge in [-0.15, -0.1) is 4.52 Å². The van der Waals surface area contributed by atoms with Crippen molar-refractivity contribution in [3.63, 3.8) is 0 Å². The van der Waals surface area contributed by atoms with E-state index >= 15 is 0 Å². The molecule has 7 nitrogen and oxygen atoms in total. The number of ether oxygens (including phenoxy) is 1. The average molecular weight is 342 g/mol. The molecule has 2 heterocycles. The molecule has 2 aromatic heterocycles. The lowest BCUT2D eigenvalue weighted by atomic mass is 10.2. The van der Waals surface area contributed by atoms with Crippen LogP contribution in [0.1, 0.15) is 5.69 Å². The molecular weight excluding hydrogens is 327 g/mol. The Balaban J connectivity index is 0.00000182. The van der Waals surface area contributed by atoms with Crippen molar-refractivity contribution in [1.29, 1.82) is 0 Å². The number of aryl methyl sites for hydroxylation is 1. The van der Waals surface area contributed by atoms with Crippen LogP contribution >= 0.6 is 0 Å². The van der Waals surface area contributed by atoms with Crippen LogP contribution in [0.4, 0.5) is 4.39 Å². The number of halogens is 1. The largest absolute Gasteiger partial charge is 0.870 e. The molecule has 2 N–H and O–H groups in total. The van der Waals surface area contributed by atoms with Crippen LogP contribution in [0.25, 0.3) is 22.2 Å². The molecule has 0 fully saturated rings. The zero-order valence-corrected chi connectivity index (χ0v) is 13.5. The molecule has 4 rings (SSSR count). The summed E-state index contributed by atoms with van der Waals surface area (Å²) in [6, 6.07) is 11.8. The van der Waals surface area contributed by atoms with E-state index in [0.29, 0.717) is 16.9 Å². The summed E-state index contributed by atoms with van der Waals surface area (Å²) >= 11 is 0. The Morgan fingerprint density at radius 3 is 2.72 bits per heavy atom. The summed E-state index contributed by atoms with van der Waals surface area (Å²) in [6.07, 6.45) is 0. The highest BCUT2D eigenvalue weighted by Gasteiger charge is 2.23. The summed E-state index contributed by atoms with van der Waals surface area (Å²) in [5, 5.41) is 3.00. The number of nitrogens with zero attached hydrogens (tertiary/aromatic N) is 3. The second kappa shape index (κ2) is 5.99. The third kappa shape index (κ3) is 2.43. The monoisotopic (exact) mass is 342 g/mol. The lowest BCUT2D eigenvalue weighted by molar-refractivity contribution is -0.556. The van der Waals surface area contributed by atoms with E-state index in [1.54, 1.807) is 17.5 Å². The zero-order valence-electron chi connectivity index (χ0n) is 13.5. The van der Waals surface area contributed by atoms with E-state index in [4.69, 9.17) is 4.74 Å². The average Bonchev–Trinajstić information content (AvgIpc) is 2.93. The fourth-order valence-corrected chi connectivity index (χ4v) is 2.84. The standard InChI is InChI=1S/C17H13FN4O2.H2O/c1-10-16-17(23)21(11-7-8-15(24-2)12(18)9-11)20-22(16)14-6-4-3-5-13(14)19-10;/h3-9H,1-2H3;1H2. The highest BCUT2D eigenvalue weighted by Crippen LogP contribution is 2.19. The molecule has 8 heteroatoms. The van der Waals surface area contributed by atoms with E-state index in [1.165, 1.54) is 23.9 Å². The maximum absolute atomic E-state index is 14.0. The van der Waals surface area contributed by atoms with E-state index in [-0.39, 0.29) is 16.8 Å². The molecule has 0 aliphatic rings. The van der Waals surface area contributed by atoms with Crippen molar-refractivity contribution < 1.29 is 19.1 Å². The summed E-state index contributed by atoms with van der Waals surface area (Å²) in [6.45, 7) is 1.77. The van der Waals surface area contributed by atoms with Crippen molar-refractivity contribution >= 4 is 16.6 Å². The van der Waals surface area contributed by atoms with E-state index in [0.717, 1.165) is 11.0 Å². The zero-order chi connectivity index (χ0) is 16.8. The van der Waals surface area contributed by atoms with E-state index in [2.05, 4.69) is 10.2 Å². The Hall–Kier alpha value is -3.26. The smallest absolute Gasteiger partial charge is 0.408 e. The summed E-state index contributed by atoms with van der Waals surface area (Å²) in [5.41, 5.74) is 2.64. The number of para-hydroxylation sites is 2. The van der Waals surface area contributed by atoms with Gasteiger partial charge in [-0.2, -0.15) is 0 Å². The van der Waals surface area contributed by atoms with Gasteiger partial charge in [0, 0.05) is 6.07 Å². The van der Waals surface area contributed by atoms with Gasteiger partial charge in [-0.25, -0.2) is 14.2 Å². The van der Waals surface area contributed by atoms with E-state index in [1.807, 2.05) is 24.3 Å². The van der Waals surface area contributed by atoms with Crippen molar-refractivity contribution in [3.05, 3.63) is 64.3 Å². The number of nitrogens with one attached hydrogen (secondary N) is 1. The lowest BCUT2D eigenvalue weighted by Gasteiger charge is -2.01. The van der Waals surface area contributed by atoms with Gasteiger partial charge < -0.3 is 10.2 Å². The van der Waals surface area contributed by atoms with Crippen LogP contribution in [0.15, 0.2) is 47.3 Å². The molecule has 25 heavy (non-hydrogen) atoms. The minimum atomic E-state index is -0.537. The lowest BCUT2D eigenvalue weighted by Crippen LogP contribution is -2.27. The minimum Gasteiger partial charge on any atom is -0.870 e. The van der Waals surface area contributed by atoms with Gasteiger partial charge in [0.05, 0.1) is 12.8 Å². The predicted octanol–water partition coefficient (Wildman–Crippen LogP) is 1.73. The molecule has 0 unspecified atom stereocenters. The van der Waals surface area contributed by atoms with Crippen molar-refractivity contribution in [2.75, 3.05) is 7.11 Å². The summed E-state index contributed by atoms with van der Waals surface area (Å²) in [4.78, 5) is 17.2. The van der Waals surface area contributed by atoms with Crippen LogP contribution in [0.5, 0.6) is 5.75 Å². The summed E-state index contributed by atoms with van der Waals surface area (Å²) < 4.78 is 21.9. The second-order valence-electron chi connectivity index (χ2n) is 5.43. The Morgan fingerprint density at radius 1 is 1.24 bits per heavy atom. The molecule has 0 aliphatic heterocycles. The maximum atomic E-state index is 14.0. The second-order valence-corrected chi connectivity index (χ2v) is 5.43. The summed E-state index contributed by atoms with van der Waals surface area (Å²) in [5.74, 6) is -0.413.